The second-order valence-corrected chi connectivity index (χ2v) is 5.40. The second kappa shape index (κ2) is 10.4. The van der Waals surface area contributed by atoms with Crippen molar-refractivity contribution in [1.29, 1.82) is 0 Å². The first-order valence-electron chi connectivity index (χ1n) is 7.82. The summed E-state index contributed by atoms with van der Waals surface area (Å²) in [5.41, 5.74) is 1.25. The van der Waals surface area contributed by atoms with E-state index in [1.807, 2.05) is 0 Å². The monoisotopic (exact) mass is 320 g/mol. The van der Waals surface area contributed by atoms with Gasteiger partial charge in [-0.05, 0) is 37.0 Å². The molecule has 1 aromatic rings. The Labute approximate surface area is 136 Å². The summed E-state index contributed by atoms with van der Waals surface area (Å²) in [6, 6.07) is 6.65. The van der Waals surface area contributed by atoms with Crippen LogP contribution in [-0.2, 0) is 16.0 Å². The number of amides is 2. The largest absolute Gasteiger partial charge is 0.478 e. The Morgan fingerprint density at radius 2 is 1.65 bits per heavy atom. The molecule has 126 valence electrons. The Hall–Kier alpha value is -2.37. The summed E-state index contributed by atoms with van der Waals surface area (Å²) in [6.45, 7) is 2.68. The van der Waals surface area contributed by atoms with Crippen molar-refractivity contribution in [2.45, 2.75) is 39.0 Å². The number of benzene rings is 1. The van der Waals surface area contributed by atoms with Gasteiger partial charge in [0.25, 0.3) is 0 Å². The number of hydrogen-bond acceptors (Lipinski definition) is 3. The number of carbonyl (C=O) groups is 3. The molecular weight excluding hydrogens is 296 g/mol. The van der Waals surface area contributed by atoms with Crippen LogP contribution in [0, 0.1) is 0 Å². The number of carbonyl (C=O) groups excluding carboxylic acids is 2. The maximum atomic E-state index is 11.7. The third-order valence-corrected chi connectivity index (χ3v) is 3.39. The van der Waals surface area contributed by atoms with Gasteiger partial charge in [-0.25, -0.2) is 4.79 Å². The van der Waals surface area contributed by atoms with E-state index >= 15 is 0 Å². The third-order valence-electron chi connectivity index (χ3n) is 3.39. The zero-order valence-electron chi connectivity index (χ0n) is 13.4. The first-order valence-corrected chi connectivity index (χ1v) is 7.82. The SMILES string of the molecule is CC(=O)NCCCCCC(=O)NCCc1ccc(C(=O)O)cc1. The Kier molecular flexibility index (Phi) is 8.42. The van der Waals surface area contributed by atoms with Gasteiger partial charge in [-0.15, -0.1) is 0 Å². The van der Waals surface area contributed by atoms with Crippen molar-refractivity contribution in [1.82, 2.24) is 10.6 Å². The molecule has 0 atom stereocenters. The summed E-state index contributed by atoms with van der Waals surface area (Å²) in [4.78, 5) is 33.1. The summed E-state index contributed by atoms with van der Waals surface area (Å²) in [6.07, 6.45) is 3.75. The van der Waals surface area contributed by atoms with Gasteiger partial charge in [-0.2, -0.15) is 0 Å². The Morgan fingerprint density at radius 3 is 2.26 bits per heavy atom. The van der Waals surface area contributed by atoms with E-state index in [9.17, 15) is 14.4 Å². The molecule has 1 rings (SSSR count). The molecule has 2 amide bonds. The van der Waals surface area contributed by atoms with E-state index in [0.717, 1.165) is 24.8 Å². The van der Waals surface area contributed by atoms with Gasteiger partial charge in [0.2, 0.25) is 11.8 Å². The van der Waals surface area contributed by atoms with Gasteiger partial charge >= 0.3 is 5.97 Å². The van der Waals surface area contributed by atoms with Crippen LogP contribution in [0.2, 0.25) is 0 Å². The van der Waals surface area contributed by atoms with Crippen molar-refractivity contribution in [3.05, 3.63) is 35.4 Å². The van der Waals surface area contributed by atoms with E-state index in [2.05, 4.69) is 10.6 Å². The van der Waals surface area contributed by atoms with E-state index in [0.29, 0.717) is 25.9 Å². The van der Waals surface area contributed by atoms with Crippen molar-refractivity contribution in [3.63, 3.8) is 0 Å². The number of unbranched alkanes of at least 4 members (excludes halogenated alkanes) is 2. The summed E-state index contributed by atoms with van der Waals surface area (Å²) < 4.78 is 0. The fraction of sp³-hybridized carbons (Fsp3) is 0.471. The van der Waals surface area contributed by atoms with Gasteiger partial charge in [0, 0.05) is 26.4 Å². The van der Waals surface area contributed by atoms with Crippen LogP contribution in [0.25, 0.3) is 0 Å². The molecule has 0 radical (unpaired) electrons. The van der Waals surface area contributed by atoms with E-state index in [-0.39, 0.29) is 17.4 Å². The van der Waals surface area contributed by atoms with Gasteiger partial charge in [-0.1, -0.05) is 18.6 Å². The first kappa shape index (κ1) is 18.7. The summed E-state index contributed by atoms with van der Waals surface area (Å²) in [7, 11) is 0. The van der Waals surface area contributed by atoms with Crippen molar-refractivity contribution >= 4 is 17.8 Å². The first-order chi connectivity index (χ1) is 11.0. The number of aromatic carboxylic acids is 1. The lowest BCUT2D eigenvalue weighted by Gasteiger charge is -2.06. The van der Waals surface area contributed by atoms with Crippen molar-refractivity contribution in [3.8, 4) is 0 Å². The Balaban J connectivity index is 2.09. The molecule has 0 spiro atoms. The molecule has 0 aliphatic carbocycles. The van der Waals surface area contributed by atoms with E-state index in [1.165, 1.54) is 6.92 Å². The van der Waals surface area contributed by atoms with Crippen molar-refractivity contribution in [2.75, 3.05) is 13.1 Å². The molecular formula is C17H24N2O4. The predicted octanol–water partition coefficient (Wildman–Crippen LogP) is 1.74. The highest BCUT2D eigenvalue weighted by atomic mass is 16.4. The van der Waals surface area contributed by atoms with Crippen LogP contribution in [0.5, 0.6) is 0 Å². The molecule has 6 heteroatoms. The molecule has 0 saturated carbocycles. The molecule has 0 fully saturated rings. The lowest BCUT2D eigenvalue weighted by Crippen LogP contribution is -2.25. The standard InChI is InChI=1S/C17H24N2O4/c1-13(20)18-11-4-2-3-5-16(21)19-12-10-14-6-8-15(9-7-14)17(22)23/h6-9H,2-5,10-12H2,1H3,(H,18,20)(H,19,21)(H,22,23). The molecule has 0 heterocycles. The zero-order valence-corrected chi connectivity index (χ0v) is 13.4. The van der Waals surface area contributed by atoms with Crippen LogP contribution in [0.3, 0.4) is 0 Å². The molecule has 0 saturated heterocycles. The third kappa shape index (κ3) is 8.60. The van der Waals surface area contributed by atoms with E-state index in [1.54, 1.807) is 24.3 Å². The smallest absolute Gasteiger partial charge is 0.335 e. The molecule has 0 aliphatic rings. The molecule has 1 aromatic carbocycles. The van der Waals surface area contributed by atoms with E-state index < -0.39 is 5.97 Å². The molecule has 0 unspecified atom stereocenters. The minimum Gasteiger partial charge on any atom is -0.478 e. The fourth-order valence-electron chi connectivity index (χ4n) is 2.10. The lowest BCUT2D eigenvalue weighted by molar-refractivity contribution is -0.121. The topological polar surface area (TPSA) is 95.5 Å². The van der Waals surface area contributed by atoms with Gasteiger partial charge in [0.1, 0.15) is 0 Å². The Bertz CT molecular complexity index is 526. The number of rotatable bonds is 10. The highest BCUT2D eigenvalue weighted by molar-refractivity contribution is 5.87. The number of carboxylic acids is 1. The molecule has 6 nitrogen and oxygen atoms in total. The van der Waals surface area contributed by atoms with Crippen LogP contribution < -0.4 is 10.6 Å². The number of hydrogen-bond donors (Lipinski definition) is 3. The van der Waals surface area contributed by atoms with Crippen LogP contribution in [-0.4, -0.2) is 36.0 Å². The molecule has 0 bridgehead atoms. The predicted molar refractivity (Wildman–Crippen MR) is 87.3 cm³/mol. The number of carboxylic acid groups (broad SMARTS) is 1. The van der Waals surface area contributed by atoms with Crippen LogP contribution in [0.4, 0.5) is 0 Å². The lowest BCUT2D eigenvalue weighted by atomic mass is 10.1. The molecule has 3 N–H and O–H groups in total. The van der Waals surface area contributed by atoms with Crippen LogP contribution >= 0.6 is 0 Å². The highest BCUT2D eigenvalue weighted by Crippen LogP contribution is 2.05. The molecule has 0 aliphatic heterocycles. The molecule has 0 aromatic heterocycles. The van der Waals surface area contributed by atoms with Crippen molar-refractivity contribution in [2.24, 2.45) is 0 Å². The van der Waals surface area contributed by atoms with E-state index in [4.69, 9.17) is 5.11 Å². The van der Waals surface area contributed by atoms with Gasteiger partial charge in [0.15, 0.2) is 0 Å². The minimum atomic E-state index is -0.941. The number of nitrogens with one attached hydrogen (secondary N) is 2. The minimum absolute atomic E-state index is 0.0201. The maximum absolute atomic E-state index is 11.7. The summed E-state index contributed by atoms with van der Waals surface area (Å²) >= 11 is 0. The maximum Gasteiger partial charge on any atom is 0.335 e. The van der Waals surface area contributed by atoms with Crippen LogP contribution in [0.15, 0.2) is 24.3 Å². The van der Waals surface area contributed by atoms with Gasteiger partial charge < -0.3 is 15.7 Å². The Morgan fingerprint density at radius 1 is 0.957 bits per heavy atom. The average Bonchev–Trinajstić information content (AvgIpc) is 2.51. The van der Waals surface area contributed by atoms with Crippen LogP contribution in [0.1, 0.15) is 48.5 Å². The second-order valence-electron chi connectivity index (χ2n) is 5.40. The van der Waals surface area contributed by atoms with Gasteiger partial charge in [0.05, 0.1) is 5.56 Å². The van der Waals surface area contributed by atoms with Gasteiger partial charge in [-0.3, -0.25) is 9.59 Å². The normalized spacial score (nSPS) is 10.1. The fourth-order valence-corrected chi connectivity index (χ4v) is 2.10. The summed E-state index contributed by atoms with van der Waals surface area (Å²) in [5, 5.41) is 14.4. The average molecular weight is 320 g/mol. The summed E-state index contributed by atoms with van der Waals surface area (Å²) in [5.74, 6) is -0.950. The molecule has 23 heavy (non-hydrogen) atoms. The highest BCUT2D eigenvalue weighted by Gasteiger charge is 2.03. The van der Waals surface area contributed by atoms with Crippen molar-refractivity contribution < 1.29 is 19.5 Å². The zero-order chi connectivity index (χ0) is 17.1. The quantitative estimate of drug-likeness (QED) is 0.572.